The van der Waals surface area contributed by atoms with Crippen LogP contribution in [0.25, 0.3) is 0 Å². The van der Waals surface area contributed by atoms with Gasteiger partial charge in [0.2, 0.25) is 5.91 Å². The number of thiophene rings is 1. The minimum Gasteiger partial charge on any atom is -0.491 e. The Bertz CT molecular complexity index is 1200. The Morgan fingerprint density at radius 1 is 1.03 bits per heavy atom. The SMILES string of the molecule is Cc1ccc(C(=O)N(CC(=O)N2CCc3sccc3[C@@H]2COc2ccc(C(C)C)cc2)CC(C)C)cc1. The van der Waals surface area contributed by atoms with E-state index < -0.39 is 0 Å². The lowest BCUT2D eigenvalue weighted by Crippen LogP contribution is -2.48. The number of nitrogens with zero attached hydrogens (tertiary/aromatic N) is 2. The quantitative estimate of drug-likeness (QED) is 0.326. The highest BCUT2D eigenvalue weighted by Crippen LogP contribution is 2.34. The minimum atomic E-state index is -0.178. The van der Waals surface area contributed by atoms with Crippen LogP contribution in [0.3, 0.4) is 0 Å². The first-order valence-corrected chi connectivity index (χ1v) is 14.0. The maximum Gasteiger partial charge on any atom is 0.254 e. The van der Waals surface area contributed by atoms with Crippen molar-refractivity contribution in [3.8, 4) is 5.75 Å². The van der Waals surface area contributed by atoms with Gasteiger partial charge in [-0.15, -0.1) is 11.3 Å². The van der Waals surface area contributed by atoms with Crippen molar-refractivity contribution >= 4 is 23.2 Å². The second-order valence-electron chi connectivity index (χ2n) is 10.6. The molecule has 0 fully saturated rings. The van der Waals surface area contributed by atoms with E-state index in [1.54, 1.807) is 16.2 Å². The maximum atomic E-state index is 13.7. The van der Waals surface area contributed by atoms with Gasteiger partial charge in [-0.1, -0.05) is 57.5 Å². The van der Waals surface area contributed by atoms with E-state index in [0.717, 1.165) is 23.3 Å². The van der Waals surface area contributed by atoms with E-state index in [2.05, 4.69) is 51.3 Å². The van der Waals surface area contributed by atoms with Crippen molar-refractivity contribution < 1.29 is 14.3 Å². The van der Waals surface area contributed by atoms with Crippen LogP contribution in [-0.2, 0) is 11.2 Å². The van der Waals surface area contributed by atoms with E-state index in [0.29, 0.717) is 31.2 Å². The summed E-state index contributed by atoms with van der Waals surface area (Å²) in [5.74, 6) is 1.37. The molecule has 2 aromatic carbocycles. The molecule has 0 saturated heterocycles. The van der Waals surface area contributed by atoms with Gasteiger partial charge in [-0.05, 0) is 72.0 Å². The summed E-state index contributed by atoms with van der Waals surface area (Å²) < 4.78 is 6.21. The van der Waals surface area contributed by atoms with Crippen LogP contribution in [-0.4, -0.2) is 47.9 Å². The predicted molar refractivity (Wildman–Crippen MR) is 150 cm³/mol. The Morgan fingerprint density at radius 3 is 2.38 bits per heavy atom. The highest BCUT2D eigenvalue weighted by atomic mass is 32.1. The Morgan fingerprint density at radius 2 is 1.73 bits per heavy atom. The molecule has 0 saturated carbocycles. The van der Waals surface area contributed by atoms with Gasteiger partial charge in [0, 0.05) is 23.5 Å². The Kier molecular flexibility index (Phi) is 8.70. The van der Waals surface area contributed by atoms with Gasteiger partial charge in [0.1, 0.15) is 18.9 Å². The molecule has 196 valence electrons. The van der Waals surface area contributed by atoms with E-state index >= 15 is 0 Å². The van der Waals surface area contributed by atoms with Crippen molar-refractivity contribution in [1.82, 2.24) is 9.80 Å². The van der Waals surface area contributed by atoms with Crippen molar-refractivity contribution in [2.45, 2.75) is 53.0 Å². The van der Waals surface area contributed by atoms with Crippen LogP contribution < -0.4 is 4.74 Å². The summed E-state index contributed by atoms with van der Waals surface area (Å²) in [7, 11) is 0. The molecule has 0 radical (unpaired) electrons. The molecule has 37 heavy (non-hydrogen) atoms. The van der Waals surface area contributed by atoms with Gasteiger partial charge in [0.05, 0.1) is 6.04 Å². The third-order valence-electron chi connectivity index (χ3n) is 6.87. The molecule has 2 heterocycles. The van der Waals surface area contributed by atoms with Crippen LogP contribution in [0.4, 0.5) is 0 Å². The normalized spacial score (nSPS) is 15.1. The number of carbonyl (C=O) groups excluding carboxylic acids is 2. The van der Waals surface area contributed by atoms with Crippen molar-refractivity contribution in [2.75, 3.05) is 26.2 Å². The first kappa shape index (κ1) is 26.9. The number of ether oxygens (including phenoxy) is 1. The summed E-state index contributed by atoms with van der Waals surface area (Å²) in [6, 6.07) is 17.7. The van der Waals surface area contributed by atoms with Gasteiger partial charge in [-0.2, -0.15) is 0 Å². The zero-order chi connectivity index (χ0) is 26.5. The molecule has 0 unspecified atom stereocenters. The number of carbonyl (C=O) groups is 2. The summed E-state index contributed by atoms with van der Waals surface area (Å²) in [5.41, 5.74) is 4.14. The first-order valence-electron chi connectivity index (χ1n) is 13.2. The molecule has 1 aromatic heterocycles. The van der Waals surface area contributed by atoms with E-state index in [9.17, 15) is 9.59 Å². The van der Waals surface area contributed by atoms with Gasteiger partial charge in [-0.25, -0.2) is 0 Å². The third-order valence-corrected chi connectivity index (χ3v) is 7.86. The second-order valence-corrected chi connectivity index (χ2v) is 11.6. The number of hydrogen-bond donors (Lipinski definition) is 0. The van der Waals surface area contributed by atoms with Crippen molar-refractivity contribution in [3.63, 3.8) is 0 Å². The van der Waals surface area contributed by atoms with Gasteiger partial charge < -0.3 is 14.5 Å². The second kappa shape index (κ2) is 12.0. The zero-order valence-electron chi connectivity index (χ0n) is 22.6. The molecule has 6 heteroatoms. The smallest absolute Gasteiger partial charge is 0.254 e. The zero-order valence-corrected chi connectivity index (χ0v) is 23.4. The van der Waals surface area contributed by atoms with Crippen molar-refractivity contribution in [2.24, 2.45) is 5.92 Å². The standard InChI is InChI=1S/C31H38N2O3S/c1-21(2)18-32(31(35)25-8-6-23(5)7-9-25)19-30(34)33-16-14-29-27(15-17-37-29)28(33)20-36-26-12-10-24(11-13-26)22(3)4/h6-13,15,17,21-22,28H,14,16,18-20H2,1-5H3/t28-/m0/s1. The molecular weight excluding hydrogens is 480 g/mol. The highest BCUT2D eigenvalue weighted by Gasteiger charge is 2.33. The van der Waals surface area contributed by atoms with Crippen LogP contribution in [0.5, 0.6) is 5.75 Å². The van der Waals surface area contributed by atoms with Crippen LogP contribution >= 0.6 is 11.3 Å². The van der Waals surface area contributed by atoms with Crippen LogP contribution in [0.15, 0.2) is 60.0 Å². The van der Waals surface area contributed by atoms with Crippen molar-refractivity contribution in [1.29, 1.82) is 0 Å². The van der Waals surface area contributed by atoms with Gasteiger partial charge >= 0.3 is 0 Å². The number of hydrogen-bond acceptors (Lipinski definition) is 4. The average molecular weight is 519 g/mol. The maximum absolute atomic E-state index is 13.7. The lowest BCUT2D eigenvalue weighted by atomic mass is 10.00. The molecule has 1 aliphatic rings. The third kappa shape index (κ3) is 6.61. The van der Waals surface area contributed by atoms with Crippen LogP contribution in [0, 0.1) is 12.8 Å². The minimum absolute atomic E-state index is 0.0401. The number of rotatable bonds is 9. The predicted octanol–water partition coefficient (Wildman–Crippen LogP) is 6.48. The summed E-state index contributed by atoms with van der Waals surface area (Å²) in [6.07, 6.45) is 0.828. The van der Waals surface area contributed by atoms with Gasteiger partial charge in [-0.3, -0.25) is 9.59 Å². The molecule has 4 rings (SSSR count). The van der Waals surface area contributed by atoms with E-state index in [4.69, 9.17) is 4.74 Å². The molecular formula is C31H38N2O3S. The van der Waals surface area contributed by atoms with Crippen LogP contribution in [0.1, 0.15) is 71.6 Å². The molecule has 0 bridgehead atoms. The van der Waals surface area contributed by atoms with Crippen LogP contribution in [0.2, 0.25) is 0 Å². The molecule has 0 spiro atoms. The number of aryl methyl sites for hydroxylation is 1. The molecule has 1 aliphatic heterocycles. The topological polar surface area (TPSA) is 49.9 Å². The average Bonchev–Trinajstić information content (AvgIpc) is 3.36. The fourth-order valence-electron chi connectivity index (χ4n) is 4.79. The lowest BCUT2D eigenvalue weighted by Gasteiger charge is -2.37. The number of benzene rings is 2. The number of amides is 2. The Labute approximate surface area is 225 Å². The summed E-state index contributed by atoms with van der Waals surface area (Å²) in [6.45, 7) is 12.1. The molecule has 0 N–H and O–H groups in total. The van der Waals surface area contributed by atoms with Crippen molar-refractivity contribution in [3.05, 3.63) is 87.1 Å². The molecule has 2 amide bonds. The first-order chi connectivity index (χ1) is 17.7. The lowest BCUT2D eigenvalue weighted by molar-refractivity contribution is -0.135. The van der Waals surface area contributed by atoms with E-state index in [1.165, 1.54) is 10.4 Å². The fraction of sp³-hybridized carbons (Fsp3) is 0.419. The number of fused-ring (bicyclic) bond motifs is 1. The highest BCUT2D eigenvalue weighted by molar-refractivity contribution is 7.10. The van der Waals surface area contributed by atoms with Gasteiger partial charge in [0.25, 0.3) is 5.91 Å². The molecule has 1 atom stereocenters. The Hall–Kier alpha value is -3.12. The summed E-state index contributed by atoms with van der Waals surface area (Å²) >= 11 is 1.74. The summed E-state index contributed by atoms with van der Waals surface area (Å²) in [4.78, 5) is 32.0. The monoisotopic (exact) mass is 518 g/mol. The molecule has 5 nitrogen and oxygen atoms in total. The molecule has 0 aliphatic carbocycles. The summed E-state index contributed by atoms with van der Waals surface area (Å²) in [5, 5.41) is 2.09. The largest absolute Gasteiger partial charge is 0.491 e. The fourth-order valence-corrected chi connectivity index (χ4v) is 5.72. The van der Waals surface area contributed by atoms with E-state index in [-0.39, 0.29) is 30.3 Å². The Balaban J connectivity index is 1.51. The molecule has 3 aromatic rings. The van der Waals surface area contributed by atoms with E-state index in [1.807, 2.05) is 48.2 Å². The van der Waals surface area contributed by atoms with Gasteiger partial charge in [0.15, 0.2) is 0 Å².